The Morgan fingerprint density at radius 3 is 2.56 bits per heavy atom. The molecule has 9 nitrogen and oxygen atoms in total. The molecule has 4 rings (SSSR count). The number of amides is 1. The van der Waals surface area contributed by atoms with Gasteiger partial charge in [0.15, 0.2) is 9.84 Å². The number of rotatable bonds is 4. The molecule has 1 aliphatic heterocycles. The van der Waals surface area contributed by atoms with Crippen LogP contribution in [0, 0.1) is 0 Å². The van der Waals surface area contributed by atoms with Crippen molar-refractivity contribution in [3.63, 3.8) is 0 Å². The molecule has 1 fully saturated rings. The number of fused-ring (bicyclic) bond motifs is 1. The second-order valence-corrected chi connectivity index (χ2v) is 10.1. The number of nitrogens with zero attached hydrogens (tertiary/aromatic N) is 3. The van der Waals surface area contributed by atoms with Gasteiger partial charge in [0, 0.05) is 13.0 Å². The summed E-state index contributed by atoms with van der Waals surface area (Å²) in [6, 6.07) is 5.72. The van der Waals surface area contributed by atoms with E-state index in [1.807, 2.05) is 0 Å². The van der Waals surface area contributed by atoms with Crippen molar-refractivity contribution in [2.45, 2.75) is 18.5 Å². The van der Waals surface area contributed by atoms with E-state index >= 15 is 0 Å². The first kappa shape index (κ1) is 23.7. The van der Waals surface area contributed by atoms with Gasteiger partial charge in [0.05, 0.1) is 40.9 Å². The number of alkyl halides is 3. The lowest BCUT2D eigenvalue weighted by molar-refractivity contribution is -0.141. The molecule has 1 atom stereocenters. The Bertz CT molecular complexity index is 1420. The molecule has 34 heavy (non-hydrogen) atoms. The predicted molar refractivity (Wildman–Crippen MR) is 115 cm³/mol. The maximum Gasteiger partial charge on any atom is 0.433 e. The third kappa shape index (κ3) is 4.47. The lowest BCUT2D eigenvalue weighted by Gasteiger charge is -2.12. The van der Waals surface area contributed by atoms with Crippen molar-refractivity contribution in [2.75, 3.05) is 23.9 Å². The number of pyridine rings is 1. The summed E-state index contributed by atoms with van der Waals surface area (Å²) in [6.45, 7) is 0. The number of benzene rings is 1. The van der Waals surface area contributed by atoms with Gasteiger partial charge in [-0.3, -0.25) is 4.79 Å². The number of hydrogen-bond donors (Lipinski definition) is 1. The van der Waals surface area contributed by atoms with Crippen molar-refractivity contribution in [1.29, 1.82) is 0 Å². The molecule has 1 unspecified atom stereocenters. The van der Waals surface area contributed by atoms with Gasteiger partial charge in [-0.15, -0.1) is 0 Å². The molecule has 1 amide bonds. The summed E-state index contributed by atoms with van der Waals surface area (Å²) in [5.41, 5.74) is -0.952. The number of aromatic nitrogens is 3. The van der Waals surface area contributed by atoms with E-state index < -0.39 is 39.3 Å². The molecule has 1 aliphatic rings. The summed E-state index contributed by atoms with van der Waals surface area (Å²) < 4.78 is 69.1. The third-order valence-corrected chi connectivity index (χ3v) is 7.35. The topological polar surface area (TPSA) is 120 Å². The van der Waals surface area contributed by atoms with Gasteiger partial charge in [0.25, 0.3) is 5.91 Å². The van der Waals surface area contributed by atoms with Crippen molar-refractivity contribution >= 4 is 38.4 Å². The number of methoxy groups -OCH3 is 1. The van der Waals surface area contributed by atoms with E-state index in [9.17, 15) is 31.2 Å². The van der Waals surface area contributed by atoms with Crippen LogP contribution in [0.25, 0.3) is 11.0 Å². The Balaban J connectivity index is 1.75. The minimum atomic E-state index is -4.73. The fraction of sp³-hybridized carbons (Fsp3) is 0.333. The van der Waals surface area contributed by atoms with Crippen LogP contribution in [-0.2, 0) is 27.8 Å². The highest BCUT2D eigenvalue weighted by molar-refractivity contribution is 7.91. The van der Waals surface area contributed by atoms with Crippen LogP contribution in [-0.4, -0.2) is 53.4 Å². The zero-order valence-corrected chi connectivity index (χ0v) is 18.8. The lowest BCUT2D eigenvalue weighted by Crippen LogP contribution is -2.19. The summed E-state index contributed by atoms with van der Waals surface area (Å²) in [4.78, 5) is 32.9. The second-order valence-electron chi connectivity index (χ2n) is 7.87. The molecular weight excluding hydrogens is 477 g/mol. The average Bonchev–Trinajstić information content (AvgIpc) is 3.30. The van der Waals surface area contributed by atoms with Gasteiger partial charge < -0.3 is 14.6 Å². The summed E-state index contributed by atoms with van der Waals surface area (Å²) in [7, 11) is -0.351. The first-order chi connectivity index (χ1) is 15.9. The van der Waals surface area contributed by atoms with E-state index in [1.54, 1.807) is 11.6 Å². The Morgan fingerprint density at radius 2 is 1.94 bits per heavy atom. The second kappa shape index (κ2) is 8.38. The molecule has 0 aliphatic carbocycles. The minimum Gasteiger partial charge on any atom is -0.465 e. The van der Waals surface area contributed by atoms with Gasteiger partial charge in [-0.1, -0.05) is 6.07 Å². The minimum absolute atomic E-state index is 0.0165. The van der Waals surface area contributed by atoms with Gasteiger partial charge in [0.2, 0.25) is 0 Å². The number of imidazole rings is 1. The Hall–Kier alpha value is -3.48. The summed E-state index contributed by atoms with van der Waals surface area (Å²) in [5.74, 6) is -1.56. The maximum atomic E-state index is 13.0. The highest BCUT2D eigenvalue weighted by atomic mass is 32.2. The average molecular weight is 496 g/mol. The van der Waals surface area contributed by atoms with Crippen LogP contribution in [0.2, 0.25) is 0 Å². The number of esters is 1. The van der Waals surface area contributed by atoms with Gasteiger partial charge >= 0.3 is 12.1 Å². The van der Waals surface area contributed by atoms with Crippen LogP contribution >= 0.6 is 0 Å². The number of halogens is 3. The van der Waals surface area contributed by atoms with Gasteiger partial charge in [-0.2, -0.15) is 13.2 Å². The lowest BCUT2D eigenvalue weighted by atomic mass is 10.1. The summed E-state index contributed by atoms with van der Waals surface area (Å²) in [6.07, 6.45) is -4.32. The molecule has 2 aromatic heterocycles. The highest BCUT2D eigenvalue weighted by Gasteiger charge is 2.34. The van der Waals surface area contributed by atoms with Crippen LogP contribution in [0.15, 0.2) is 30.3 Å². The highest BCUT2D eigenvalue weighted by Crippen LogP contribution is 2.33. The van der Waals surface area contributed by atoms with Gasteiger partial charge in [-0.25, -0.2) is 23.2 Å². The SMILES string of the molecule is COC(=O)c1cc2nc(C3CCS(=O)(=O)C3)n(C)c2cc1NC(=O)c1cccc(C(F)(F)F)n1. The normalized spacial score (nSPS) is 17.6. The molecule has 1 N–H and O–H groups in total. The van der Waals surface area contributed by atoms with E-state index in [0.717, 1.165) is 25.3 Å². The van der Waals surface area contributed by atoms with Crippen LogP contribution in [0.5, 0.6) is 0 Å². The molecule has 0 spiro atoms. The van der Waals surface area contributed by atoms with E-state index in [4.69, 9.17) is 4.74 Å². The van der Waals surface area contributed by atoms with Gasteiger partial charge in [-0.05, 0) is 30.7 Å². The van der Waals surface area contributed by atoms with Crippen molar-refractivity contribution in [2.24, 2.45) is 7.05 Å². The van der Waals surface area contributed by atoms with Crippen molar-refractivity contribution < 1.29 is 35.9 Å². The largest absolute Gasteiger partial charge is 0.465 e. The number of hydrogen-bond acceptors (Lipinski definition) is 7. The number of sulfone groups is 1. The summed E-state index contributed by atoms with van der Waals surface area (Å²) >= 11 is 0. The molecule has 1 aromatic carbocycles. The van der Waals surface area contributed by atoms with Crippen molar-refractivity contribution in [3.05, 3.63) is 53.1 Å². The van der Waals surface area contributed by atoms with Crippen molar-refractivity contribution in [3.8, 4) is 0 Å². The molecule has 0 radical (unpaired) electrons. The smallest absolute Gasteiger partial charge is 0.433 e. The van der Waals surface area contributed by atoms with Crippen LogP contribution in [0.3, 0.4) is 0 Å². The molecular formula is C21H19F3N4O5S. The molecule has 1 saturated heterocycles. The maximum absolute atomic E-state index is 13.0. The molecule has 180 valence electrons. The van der Waals surface area contributed by atoms with E-state index in [2.05, 4.69) is 15.3 Å². The van der Waals surface area contributed by atoms with E-state index in [-0.39, 0.29) is 28.7 Å². The number of carbonyl (C=O) groups is 2. The Kier molecular flexibility index (Phi) is 5.84. The third-order valence-electron chi connectivity index (χ3n) is 5.58. The zero-order chi connectivity index (χ0) is 24.8. The van der Waals surface area contributed by atoms with Crippen LogP contribution < -0.4 is 5.32 Å². The van der Waals surface area contributed by atoms with Crippen molar-refractivity contribution in [1.82, 2.24) is 14.5 Å². The number of nitrogens with one attached hydrogen (secondary N) is 1. The number of aryl methyl sites for hydroxylation is 1. The zero-order valence-electron chi connectivity index (χ0n) is 18.0. The molecule has 3 heterocycles. The monoisotopic (exact) mass is 496 g/mol. The predicted octanol–water partition coefficient (Wildman–Crippen LogP) is 2.93. The molecule has 0 saturated carbocycles. The molecule has 13 heteroatoms. The fourth-order valence-corrected chi connectivity index (χ4v) is 5.65. The van der Waals surface area contributed by atoms with E-state index in [1.165, 1.54) is 12.1 Å². The van der Waals surface area contributed by atoms with Gasteiger partial charge in [0.1, 0.15) is 17.2 Å². The Morgan fingerprint density at radius 1 is 1.21 bits per heavy atom. The summed E-state index contributed by atoms with van der Waals surface area (Å²) in [5, 5.41) is 2.43. The molecule has 0 bridgehead atoms. The Labute approximate surface area is 191 Å². The quantitative estimate of drug-likeness (QED) is 0.552. The first-order valence-corrected chi connectivity index (χ1v) is 11.9. The number of anilines is 1. The van der Waals surface area contributed by atoms with Crippen LogP contribution in [0.1, 0.15) is 44.7 Å². The number of carbonyl (C=O) groups excluding carboxylic acids is 2. The first-order valence-electron chi connectivity index (χ1n) is 10.0. The number of ether oxygens (including phenoxy) is 1. The van der Waals surface area contributed by atoms with Crippen LogP contribution in [0.4, 0.5) is 18.9 Å². The van der Waals surface area contributed by atoms with E-state index in [0.29, 0.717) is 23.3 Å². The fourth-order valence-electron chi connectivity index (χ4n) is 3.91. The standard InChI is InChI=1S/C21H19F3N4O5S/c1-28-16-9-14(27-19(29)13-4-3-5-17(25-13)21(22,23)24)12(20(30)33-2)8-15(16)26-18(28)11-6-7-34(31,32)10-11/h3-5,8-9,11H,6-7,10H2,1-2H3,(H,27,29). The molecule has 3 aromatic rings.